The molecule has 2 N–H and O–H groups in total. The zero-order valence-corrected chi connectivity index (χ0v) is 14.4. The van der Waals surface area contributed by atoms with Gasteiger partial charge >= 0.3 is 5.97 Å². The Morgan fingerprint density at radius 1 is 1.18 bits per heavy atom. The Labute approximate surface area is 140 Å². The SMILES string of the molecule is NS(=O)(=O)c1ccsc1C(=O)OCCOc1ccc(Br)cc1. The number of thiophene rings is 1. The van der Waals surface area contributed by atoms with E-state index in [0.717, 1.165) is 15.8 Å². The highest BCUT2D eigenvalue weighted by atomic mass is 79.9. The van der Waals surface area contributed by atoms with Crippen molar-refractivity contribution in [3.05, 3.63) is 45.1 Å². The molecule has 0 atom stereocenters. The van der Waals surface area contributed by atoms with Gasteiger partial charge in [0.1, 0.15) is 28.7 Å². The molecule has 9 heteroatoms. The number of rotatable bonds is 6. The molecule has 1 aromatic carbocycles. The van der Waals surface area contributed by atoms with Crippen LogP contribution in [0.4, 0.5) is 0 Å². The quantitative estimate of drug-likeness (QED) is 0.587. The van der Waals surface area contributed by atoms with Gasteiger partial charge in [-0.15, -0.1) is 11.3 Å². The van der Waals surface area contributed by atoms with Crippen molar-refractivity contribution in [3.63, 3.8) is 0 Å². The number of carbonyl (C=O) groups excluding carboxylic acids is 1. The van der Waals surface area contributed by atoms with Gasteiger partial charge in [-0.2, -0.15) is 0 Å². The van der Waals surface area contributed by atoms with E-state index in [2.05, 4.69) is 15.9 Å². The van der Waals surface area contributed by atoms with Crippen LogP contribution in [0.15, 0.2) is 45.1 Å². The lowest BCUT2D eigenvalue weighted by atomic mass is 10.3. The third-order valence-corrected chi connectivity index (χ3v) is 5.03. The number of ether oxygens (including phenoxy) is 2. The van der Waals surface area contributed by atoms with Crippen LogP contribution >= 0.6 is 27.3 Å². The minimum absolute atomic E-state index is 0.00312. The number of sulfonamides is 1. The molecule has 2 rings (SSSR count). The van der Waals surface area contributed by atoms with Gasteiger partial charge in [0.05, 0.1) is 0 Å². The van der Waals surface area contributed by atoms with Crippen molar-refractivity contribution in [2.45, 2.75) is 4.90 Å². The molecular formula is C13H12BrNO5S2. The van der Waals surface area contributed by atoms with Crippen LogP contribution < -0.4 is 9.88 Å². The molecule has 0 amide bonds. The molecule has 1 aromatic heterocycles. The third kappa shape index (κ3) is 4.54. The first-order valence-corrected chi connectivity index (χ1v) is 9.25. The molecule has 118 valence electrons. The third-order valence-electron chi connectivity index (χ3n) is 2.52. The van der Waals surface area contributed by atoms with Crippen LogP contribution in [0.25, 0.3) is 0 Å². The van der Waals surface area contributed by atoms with Crippen LogP contribution in [0.5, 0.6) is 5.75 Å². The second-order valence-electron chi connectivity index (χ2n) is 4.10. The molecule has 0 saturated carbocycles. The summed E-state index contributed by atoms with van der Waals surface area (Å²) in [6, 6.07) is 8.46. The van der Waals surface area contributed by atoms with Gasteiger partial charge in [-0.05, 0) is 35.7 Å². The smallest absolute Gasteiger partial charge is 0.349 e. The largest absolute Gasteiger partial charge is 0.490 e. The Morgan fingerprint density at radius 3 is 2.50 bits per heavy atom. The van der Waals surface area contributed by atoms with E-state index in [0.29, 0.717) is 5.75 Å². The van der Waals surface area contributed by atoms with E-state index >= 15 is 0 Å². The van der Waals surface area contributed by atoms with Crippen LogP contribution in [0.2, 0.25) is 0 Å². The van der Waals surface area contributed by atoms with Crippen molar-refractivity contribution in [1.82, 2.24) is 0 Å². The molecular weight excluding hydrogens is 394 g/mol. The molecule has 1 heterocycles. The van der Waals surface area contributed by atoms with Crippen molar-refractivity contribution < 1.29 is 22.7 Å². The Bertz CT molecular complexity index is 755. The Kier molecular flexibility index (Phi) is 5.57. The summed E-state index contributed by atoms with van der Waals surface area (Å²) in [5.41, 5.74) is 0. The van der Waals surface area contributed by atoms with Gasteiger partial charge in [0.15, 0.2) is 0 Å². The van der Waals surface area contributed by atoms with Gasteiger partial charge in [0.25, 0.3) is 0 Å². The van der Waals surface area contributed by atoms with Crippen molar-refractivity contribution in [3.8, 4) is 5.75 Å². The molecule has 0 unspecified atom stereocenters. The fourth-order valence-electron chi connectivity index (χ4n) is 1.56. The van der Waals surface area contributed by atoms with Crippen LogP contribution in [-0.2, 0) is 14.8 Å². The van der Waals surface area contributed by atoms with E-state index in [-0.39, 0.29) is 23.0 Å². The Balaban J connectivity index is 1.86. The monoisotopic (exact) mass is 405 g/mol. The van der Waals surface area contributed by atoms with Gasteiger partial charge in [-0.25, -0.2) is 18.4 Å². The predicted octanol–water partition coefficient (Wildman–Crippen LogP) is 2.39. The minimum Gasteiger partial charge on any atom is -0.490 e. The highest BCUT2D eigenvalue weighted by molar-refractivity contribution is 9.10. The second-order valence-corrected chi connectivity index (χ2v) is 7.46. The van der Waals surface area contributed by atoms with Crippen LogP contribution in [0.3, 0.4) is 0 Å². The first kappa shape index (κ1) is 16.9. The van der Waals surface area contributed by atoms with Crippen molar-refractivity contribution in [2.24, 2.45) is 5.14 Å². The van der Waals surface area contributed by atoms with Gasteiger partial charge in [0, 0.05) is 4.47 Å². The van der Waals surface area contributed by atoms with E-state index in [1.807, 2.05) is 12.1 Å². The summed E-state index contributed by atoms with van der Waals surface area (Å²) in [6.45, 7) is 0.153. The zero-order valence-electron chi connectivity index (χ0n) is 11.2. The van der Waals surface area contributed by atoms with Gasteiger partial charge in [-0.3, -0.25) is 0 Å². The normalized spacial score (nSPS) is 11.2. The second kappa shape index (κ2) is 7.23. The maximum Gasteiger partial charge on any atom is 0.349 e. The lowest BCUT2D eigenvalue weighted by Crippen LogP contribution is -2.17. The first-order valence-electron chi connectivity index (χ1n) is 6.04. The average Bonchev–Trinajstić information content (AvgIpc) is 2.95. The predicted molar refractivity (Wildman–Crippen MR) is 85.6 cm³/mol. The molecule has 0 saturated heterocycles. The highest BCUT2D eigenvalue weighted by Gasteiger charge is 2.21. The molecule has 6 nitrogen and oxygen atoms in total. The summed E-state index contributed by atoms with van der Waals surface area (Å²) in [5.74, 6) is -0.0981. The number of nitrogens with two attached hydrogens (primary N) is 1. The zero-order chi connectivity index (χ0) is 16.2. The number of primary sulfonamides is 1. The molecule has 0 aliphatic rings. The van der Waals surface area contributed by atoms with Gasteiger partial charge < -0.3 is 9.47 Å². The fraction of sp³-hybridized carbons (Fsp3) is 0.154. The van der Waals surface area contributed by atoms with E-state index in [4.69, 9.17) is 14.6 Å². The number of halogens is 1. The maximum absolute atomic E-state index is 11.8. The minimum atomic E-state index is -3.94. The van der Waals surface area contributed by atoms with Crippen molar-refractivity contribution in [1.29, 1.82) is 0 Å². The molecule has 0 radical (unpaired) electrons. The van der Waals surface area contributed by atoms with E-state index < -0.39 is 16.0 Å². The summed E-state index contributed by atoms with van der Waals surface area (Å²) < 4.78 is 33.9. The molecule has 22 heavy (non-hydrogen) atoms. The highest BCUT2D eigenvalue weighted by Crippen LogP contribution is 2.21. The van der Waals surface area contributed by atoms with Crippen LogP contribution in [-0.4, -0.2) is 27.6 Å². The van der Waals surface area contributed by atoms with E-state index in [1.165, 1.54) is 11.4 Å². The lowest BCUT2D eigenvalue weighted by Gasteiger charge is -2.07. The molecule has 0 spiro atoms. The first-order chi connectivity index (χ1) is 10.4. The molecule has 0 bridgehead atoms. The van der Waals surface area contributed by atoms with E-state index in [1.54, 1.807) is 12.1 Å². The molecule has 2 aromatic rings. The summed E-state index contributed by atoms with van der Waals surface area (Å²) in [5, 5.41) is 6.49. The number of esters is 1. The fourth-order valence-corrected chi connectivity index (χ4v) is 3.68. The average molecular weight is 406 g/mol. The Hall–Kier alpha value is -1.42. The number of benzene rings is 1. The van der Waals surface area contributed by atoms with Crippen LogP contribution in [0, 0.1) is 0 Å². The van der Waals surface area contributed by atoms with E-state index in [9.17, 15) is 13.2 Å². The van der Waals surface area contributed by atoms with Crippen LogP contribution in [0.1, 0.15) is 9.67 Å². The topological polar surface area (TPSA) is 95.7 Å². The summed E-state index contributed by atoms with van der Waals surface area (Å²) in [4.78, 5) is 11.6. The number of hydrogen-bond donors (Lipinski definition) is 1. The molecule has 0 aliphatic carbocycles. The van der Waals surface area contributed by atoms with Crippen molar-refractivity contribution in [2.75, 3.05) is 13.2 Å². The molecule has 0 aliphatic heterocycles. The summed E-state index contributed by atoms with van der Waals surface area (Å²) in [6.07, 6.45) is 0. The number of hydrogen-bond acceptors (Lipinski definition) is 6. The van der Waals surface area contributed by atoms with Gasteiger partial charge in [0.2, 0.25) is 10.0 Å². The van der Waals surface area contributed by atoms with Crippen molar-refractivity contribution >= 4 is 43.3 Å². The Morgan fingerprint density at radius 2 is 1.86 bits per heavy atom. The maximum atomic E-state index is 11.8. The summed E-state index contributed by atoms with van der Waals surface area (Å²) in [7, 11) is -3.94. The molecule has 0 fully saturated rings. The standard InChI is InChI=1S/C13H12BrNO5S2/c14-9-1-3-10(4-2-9)19-6-7-20-13(16)12-11(5-8-21-12)22(15,17)18/h1-5,8H,6-7H2,(H2,15,17,18). The van der Waals surface area contributed by atoms with Gasteiger partial charge in [-0.1, -0.05) is 15.9 Å². The number of carbonyl (C=O) groups is 1. The summed E-state index contributed by atoms with van der Waals surface area (Å²) >= 11 is 4.27. The lowest BCUT2D eigenvalue weighted by molar-refractivity contribution is 0.0452.